The number of likely N-dealkylation sites (tertiary alicyclic amines) is 1. The van der Waals surface area contributed by atoms with Crippen LogP contribution in [0.1, 0.15) is 11.5 Å². The van der Waals surface area contributed by atoms with Gasteiger partial charge < -0.3 is 15.4 Å². The molecule has 2 atom stereocenters. The fraction of sp³-hybridized carbons (Fsp3) is 0.261. The Morgan fingerprint density at radius 1 is 1.00 bits per heavy atom. The van der Waals surface area contributed by atoms with E-state index in [0.29, 0.717) is 30.4 Å². The molecule has 28 heavy (non-hydrogen) atoms. The average Bonchev–Trinajstić information content (AvgIpc) is 3.18. The monoisotopic (exact) mass is 394 g/mol. The van der Waals surface area contributed by atoms with Crippen LogP contribution >= 0.6 is 11.6 Å². The highest BCUT2D eigenvalue weighted by molar-refractivity contribution is 6.35. The first kappa shape index (κ1) is 18.8. The Kier molecular flexibility index (Phi) is 5.51. The first-order valence-electron chi connectivity index (χ1n) is 9.50. The fourth-order valence-corrected chi connectivity index (χ4v) is 4.21. The Morgan fingerprint density at radius 3 is 2.46 bits per heavy atom. The number of fused-ring (bicyclic) bond motifs is 1. The third kappa shape index (κ3) is 3.71. The summed E-state index contributed by atoms with van der Waals surface area (Å²) < 4.78 is 5.88. The molecule has 0 radical (unpaired) electrons. The average molecular weight is 395 g/mol. The molecule has 0 bridgehead atoms. The predicted octanol–water partition coefficient (Wildman–Crippen LogP) is 4.07. The molecule has 0 aromatic heterocycles. The van der Waals surface area contributed by atoms with E-state index in [-0.39, 0.29) is 24.3 Å². The van der Waals surface area contributed by atoms with Crippen molar-refractivity contribution in [2.75, 3.05) is 26.2 Å². The van der Waals surface area contributed by atoms with Gasteiger partial charge in [0.05, 0.1) is 0 Å². The zero-order valence-corrected chi connectivity index (χ0v) is 16.3. The predicted molar refractivity (Wildman–Crippen MR) is 113 cm³/mol. The number of nitrogens with zero attached hydrogens (tertiary/aromatic N) is 1. The summed E-state index contributed by atoms with van der Waals surface area (Å²) >= 11 is 6.26. The number of ether oxygens (including phenoxy) is 1. The molecule has 1 amide bonds. The van der Waals surface area contributed by atoms with Gasteiger partial charge in [0.1, 0.15) is 5.75 Å². The molecule has 0 saturated carbocycles. The summed E-state index contributed by atoms with van der Waals surface area (Å²) in [6, 6.07) is 21.7. The maximum absolute atomic E-state index is 12.8. The Bertz CT molecular complexity index is 977. The quantitative estimate of drug-likeness (QED) is 0.709. The van der Waals surface area contributed by atoms with Crippen LogP contribution in [0.3, 0.4) is 0 Å². The van der Waals surface area contributed by atoms with Gasteiger partial charge in [-0.1, -0.05) is 66.2 Å². The van der Waals surface area contributed by atoms with Crippen LogP contribution < -0.4 is 10.5 Å². The standard InChI is InChI=1S/C23H23ClN2O2/c24-21-10-11-22(19-9-5-4-8-18(19)21)28-15-23(27)26-13-17(12-25)20(14-26)16-6-2-1-3-7-16/h1-11,17,20H,12-15,25H2/t17-,20+/m1/s1. The van der Waals surface area contributed by atoms with Gasteiger partial charge in [0.25, 0.3) is 5.91 Å². The summed E-state index contributed by atoms with van der Waals surface area (Å²) in [5.74, 6) is 1.19. The zero-order valence-electron chi connectivity index (χ0n) is 15.6. The van der Waals surface area contributed by atoms with Gasteiger partial charge in [-0.3, -0.25) is 4.79 Å². The molecule has 144 valence electrons. The normalized spacial score (nSPS) is 19.1. The second-order valence-corrected chi connectivity index (χ2v) is 7.60. The van der Waals surface area contributed by atoms with Crippen LogP contribution in [-0.4, -0.2) is 37.0 Å². The Morgan fingerprint density at radius 2 is 1.71 bits per heavy atom. The SMILES string of the molecule is NC[C@@H]1CN(C(=O)COc2ccc(Cl)c3ccccc23)C[C@H]1c1ccccc1. The molecule has 1 fully saturated rings. The largest absolute Gasteiger partial charge is 0.483 e. The van der Waals surface area contributed by atoms with Gasteiger partial charge in [0, 0.05) is 34.8 Å². The van der Waals surface area contributed by atoms with Crippen LogP contribution in [0.5, 0.6) is 5.75 Å². The molecule has 1 aliphatic rings. The van der Waals surface area contributed by atoms with E-state index in [9.17, 15) is 4.79 Å². The van der Waals surface area contributed by atoms with Crippen molar-refractivity contribution in [3.05, 3.63) is 77.3 Å². The van der Waals surface area contributed by atoms with Crippen LogP contribution in [0, 0.1) is 5.92 Å². The smallest absolute Gasteiger partial charge is 0.260 e. The second kappa shape index (κ2) is 8.21. The molecule has 5 heteroatoms. The third-order valence-electron chi connectivity index (χ3n) is 5.51. The summed E-state index contributed by atoms with van der Waals surface area (Å²) in [5.41, 5.74) is 7.22. The number of nitrogens with two attached hydrogens (primary N) is 1. The molecule has 4 nitrogen and oxygen atoms in total. The highest BCUT2D eigenvalue weighted by Gasteiger charge is 2.35. The van der Waals surface area contributed by atoms with Crippen LogP contribution in [0.4, 0.5) is 0 Å². The van der Waals surface area contributed by atoms with E-state index in [2.05, 4.69) is 12.1 Å². The second-order valence-electron chi connectivity index (χ2n) is 7.19. The van der Waals surface area contributed by atoms with Gasteiger partial charge in [0.15, 0.2) is 6.61 Å². The summed E-state index contributed by atoms with van der Waals surface area (Å²) in [6.45, 7) is 1.91. The highest BCUT2D eigenvalue weighted by Crippen LogP contribution is 2.33. The Labute approximate surface area is 169 Å². The lowest BCUT2D eigenvalue weighted by molar-refractivity contribution is -0.132. The molecule has 4 rings (SSSR count). The minimum Gasteiger partial charge on any atom is -0.483 e. The van der Waals surface area contributed by atoms with Crippen LogP contribution in [0.25, 0.3) is 10.8 Å². The molecule has 1 saturated heterocycles. The topological polar surface area (TPSA) is 55.6 Å². The van der Waals surface area contributed by atoms with Gasteiger partial charge in [-0.15, -0.1) is 0 Å². The van der Waals surface area contributed by atoms with Crippen molar-refractivity contribution >= 4 is 28.3 Å². The van der Waals surface area contributed by atoms with Crippen molar-refractivity contribution in [3.63, 3.8) is 0 Å². The number of hydrogen-bond acceptors (Lipinski definition) is 3. The van der Waals surface area contributed by atoms with E-state index < -0.39 is 0 Å². The van der Waals surface area contributed by atoms with Gasteiger partial charge in [-0.2, -0.15) is 0 Å². The lowest BCUT2D eigenvalue weighted by Crippen LogP contribution is -2.33. The van der Waals surface area contributed by atoms with E-state index in [1.165, 1.54) is 5.56 Å². The number of carbonyl (C=O) groups excluding carboxylic acids is 1. The number of carbonyl (C=O) groups is 1. The maximum atomic E-state index is 12.8. The molecular formula is C23H23ClN2O2. The van der Waals surface area contributed by atoms with Crippen molar-refractivity contribution < 1.29 is 9.53 Å². The first-order valence-corrected chi connectivity index (χ1v) is 9.88. The Hall–Kier alpha value is -2.56. The van der Waals surface area contributed by atoms with Crippen LogP contribution in [0.2, 0.25) is 5.02 Å². The van der Waals surface area contributed by atoms with Crippen molar-refractivity contribution in [3.8, 4) is 5.75 Å². The van der Waals surface area contributed by atoms with Crippen molar-refractivity contribution in [2.24, 2.45) is 11.7 Å². The van der Waals surface area contributed by atoms with Crippen molar-refractivity contribution in [1.82, 2.24) is 4.90 Å². The van der Waals surface area contributed by atoms with E-state index in [4.69, 9.17) is 22.1 Å². The van der Waals surface area contributed by atoms with Gasteiger partial charge >= 0.3 is 0 Å². The van der Waals surface area contributed by atoms with E-state index >= 15 is 0 Å². The summed E-state index contributed by atoms with van der Waals surface area (Å²) in [4.78, 5) is 14.7. The molecule has 0 aliphatic carbocycles. The van der Waals surface area contributed by atoms with E-state index in [0.717, 1.165) is 10.8 Å². The molecule has 0 unspecified atom stereocenters. The zero-order chi connectivity index (χ0) is 19.5. The Balaban J connectivity index is 1.46. The van der Waals surface area contributed by atoms with Crippen LogP contribution in [-0.2, 0) is 4.79 Å². The molecule has 3 aromatic carbocycles. The van der Waals surface area contributed by atoms with Gasteiger partial charge in [-0.05, 0) is 30.2 Å². The lowest BCUT2D eigenvalue weighted by atomic mass is 9.89. The maximum Gasteiger partial charge on any atom is 0.260 e. The minimum absolute atomic E-state index is 0.00439. The molecule has 0 spiro atoms. The molecule has 1 aliphatic heterocycles. The van der Waals surface area contributed by atoms with Gasteiger partial charge in [-0.25, -0.2) is 0 Å². The third-order valence-corrected chi connectivity index (χ3v) is 5.84. The fourth-order valence-electron chi connectivity index (χ4n) is 3.98. The van der Waals surface area contributed by atoms with Gasteiger partial charge in [0.2, 0.25) is 0 Å². The van der Waals surface area contributed by atoms with Crippen LogP contribution in [0.15, 0.2) is 66.7 Å². The molecule has 3 aromatic rings. The van der Waals surface area contributed by atoms with Crippen molar-refractivity contribution in [2.45, 2.75) is 5.92 Å². The molecule has 1 heterocycles. The molecular weight excluding hydrogens is 372 g/mol. The molecule has 2 N–H and O–H groups in total. The number of hydrogen-bond donors (Lipinski definition) is 1. The van der Waals surface area contributed by atoms with E-state index in [1.807, 2.05) is 53.4 Å². The van der Waals surface area contributed by atoms with E-state index in [1.54, 1.807) is 6.07 Å². The minimum atomic E-state index is -0.0177. The number of benzene rings is 3. The number of rotatable bonds is 5. The summed E-state index contributed by atoms with van der Waals surface area (Å²) in [5, 5.41) is 2.50. The number of halogens is 1. The van der Waals surface area contributed by atoms with Crippen molar-refractivity contribution in [1.29, 1.82) is 0 Å². The lowest BCUT2D eigenvalue weighted by Gasteiger charge is -2.17. The summed E-state index contributed by atoms with van der Waals surface area (Å²) in [7, 11) is 0. The highest BCUT2D eigenvalue weighted by atomic mass is 35.5. The number of amides is 1. The first-order chi connectivity index (χ1) is 13.7. The summed E-state index contributed by atoms with van der Waals surface area (Å²) in [6.07, 6.45) is 0.